The molecular formula is C14H18N2O. The van der Waals surface area contributed by atoms with Crippen molar-refractivity contribution in [2.24, 2.45) is 0 Å². The average molecular weight is 230 g/mol. The Kier molecular flexibility index (Phi) is 2.85. The van der Waals surface area contributed by atoms with E-state index in [1.807, 2.05) is 6.07 Å². The zero-order valence-corrected chi connectivity index (χ0v) is 10.2. The van der Waals surface area contributed by atoms with Crippen LogP contribution in [0.1, 0.15) is 30.7 Å². The summed E-state index contributed by atoms with van der Waals surface area (Å²) in [6, 6.07) is 6.69. The van der Waals surface area contributed by atoms with Gasteiger partial charge in [-0.25, -0.2) is 4.98 Å². The molecule has 1 saturated heterocycles. The van der Waals surface area contributed by atoms with Gasteiger partial charge in [0, 0.05) is 12.5 Å². The number of aryl methyl sites for hydroxylation is 1. The maximum atomic E-state index is 5.77. The number of aromatic nitrogens is 1. The molecule has 1 aliphatic heterocycles. The van der Waals surface area contributed by atoms with Gasteiger partial charge in [-0.15, -0.1) is 0 Å². The summed E-state index contributed by atoms with van der Waals surface area (Å²) < 4.78 is 5.77. The maximum Gasteiger partial charge on any atom is 0.197 e. The zero-order valence-electron chi connectivity index (χ0n) is 10.2. The third kappa shape index (κ3) is 2.34. The van der Waals surface area contributed by atoms with Crippen LogP contribution in [0.5, 0.6) is 0 Å². The molecule has 0 saturated carbocycles. The van der Waals surface area contributed by atoms with Gasteiger partial charge in [-0.3, -0.25) is 0 Å². The summed E-state index contributed by atoms with van der Waals surface area (Å²) in [5, 5.41) is 3.52. The van der Waals surface area contributed by atoms with Crippen LogP contribution in [0.4, 0.5) is 0 Å². The van der Waals surface area contributed by atoms with Crippen molar-refractivity contribution in [3.05, 3.63) is 29.7 Å². The molecule has 1 aromatic carbocycles. The first kappa shape index (κ1) is 10.8. The highest BCUT2D eigenvalue weighted by Gasteiger charge is 2.16. The molecule has 17 heavy (non-hydrogen) atoms. The molecule has 90 valence electrons. The summed E-state index contributed by atoms with van der Waals surface area (Å²) in [5.74, 6) is 0.866. The Balaban J connectivity index is 1.80. The molecule has 2 aromatic rings. The molecule has 0 spiro atoms. The molecule has 1 N–H and O–H groups in total. The van der Waals surface area contributed by atoms with Crippen molar-refractivity contribution in [3.63, 3.8) is 0 Å². The van der Waals surface area contributed by atoms with Crippen LogP contribution in [0.25, 0.3) is 11.1 Å². The van der Waals surface area contributed by atoms with Gasteiger partial charge in [0.2, 0.25) is 0 Å². The van der Waals surface area contributed by atoms with E-state index in [0.717, 1.165) is 30.0 Å². The summed E-state index contributed by atoms with van der Waals surface area (Å²) in [6.07, 6.45) is 4.76. The molecule has 0 radical (unpaired) electrons. The van der Waals surface area contributed by atoms with E-state index < -0.39 is 0 Å². The highest BCUT2D eigenvalue weighted by Crippen LogP contribution is 2.19. The third-order valence-corrected chi connectivity index (χ3v) is 3.42. The van der Waals surface area contributed by atoms with Crippen molar-refractivity contribution in [1.29, 1.82) is 0 Å². The van der Waals surface area contributed by atoms with E-state index in [1.54, 1.807) is 0 Å². The predicted molar refractivity (Wildman–Crippen MR) is 68.1 cm³/mol. The average Bonchev–Trinajstić information content (AvgIpc) is 2.71. The Bertz CT molecular complexity index is 512. The number of nitrogens with zero attached hydrogens (tertiary/aromatic N) is 1. The molecule has 3 rings (SSSR count). The number of oxazole rings is 1. The molecule has 3 heteroatoms. The second-order valence-electron chi connectivity index (χ2n) is 4.93. The van der Waals surface area contributed by atoms with Crippen molar-refractivity contribution < 1.29 is 4.42 Å². The summed E-state index contributed by atoms with van der Waals surface area (Å²) in [7, 11) is 0. The lowest BCUT2D eigenvalue weighted by atomic mass is 10.0. The SMILES string of the molecule is Cc1ccc2oc(CC3CCCCN3)nc2c1. The number of benzene rings is 1. The Hall–Kier alpha value is -1.35. The van der Waals surface area contributed by atoms with Gasteiger partial charge in [-0.05, 0) is 44.0 Å². The van der Waals surface area contributed by atoms with Gasteiger partial charge < -0.3 is 9.73 Å². The molecule has 1 fully saturated rings. The minimum Gasteiger partial charge on any atom is -0.441 e. The van der Waals surface area contributed by atoms with E-state index in [9.17, 15) is 0 Å². The number of fused-ring (bicyclic) bond motifs is 1. The summed E-state index contributed by atoms with van der Waals surface area (Å²) >= 11 is 0. The normalized spacial score (nSPS) is 20.9. The first-order chi connectivity index (χ1) is 8.31. The van der Waals surface area contributed by atoms with Crippen LogP contribution in [-0.2, 0) is 6.42 Å². The molecule has 0 bridgehead atoms. The Morgan fingerprint density at radius 3 is 3.18 bits per heavy atom. The quantitative estimate of drug-likeness (QED) is 0.862. The van der Waals surface area contributed by atoms with Gasteiger partial charge in [-0.2, -0.15) is 0 Å². The molecule has 1 aliphatic rings. The van der Waals surface area contributed by atoms with E-state index in [-0.39, 0.29) is 0 Å². The van der Waals surface area contributed by atoms with Gasteiger partial charge in [0.25, 0.3) is 0 Å². The van der Waals surface area contributed by atoms with Gasteiger partial charge in [0.1, 0.15) is 5.52 Å². The molecule has 3 nitrogen and oxygen atoms in total. The van der Waals surface area contributed by atoms with Crippen molar-refractivity contribution >= 4 is 11.1 Å². The predicted octanol–water partition coefficient (Wildman–Crippen LogP) is 2.82. The Labute approximate surface area is 101 Å². The first-order valence-electron chi connectivity index (χ1n) is 6.41. The van der Waals surface area contributed by atoms with Gasteiger partial charge >= 0.3 is 0 Å². The molecule has 1 atom stereocenters. The van der Waals surface area contributed by atoms with E-state index in [1.165, 1.54) is 24.8 Å². The van der Waals surface area contributed by atoms with Crippen LogP contribution in [0, 0.1) is 6.92 Å². The van der Waals surface area contributed by atoms with Gasteiger partial charge in [0.05, 0.1) is 0 Å². The highest BCUT2D eigenvalue weighted by atomic mass is 16.3. The number of nitrogens with one attached hydrogen (secondary N) is 1. The van der Waals surface area contributed by atoms with E-state index in [0.29, 0.717) is 6.04 Å². The summed E-state index contributed by atoms with van der Waals surface area (Å²) in [4.78, 5) is 4.56. The van der Waals surface area contributed by atoms with Crippen LogP contribution < -0.4 is 5.32 Å². The minimum absolute atomic E-state index is 0.540. The fraction of sp³-hybridized carbons (Fsp3) is 0.500. The fourth-order valence-electron chi connectivity index (χ4n) is 2.48. The Morgan fingerprint density at radius 1 is 1.41 bits per heavy atom. The zero-order chi connectivity index (χ0) is 11.7. The number of hydrogen-bond donors (Lipinski definition) is 1. The summed E-state index contributed by atoms with van der Waals surface area (Å²) in [5.41, 5.74) is 3.12. The fourth-order valence-corrected chi connectivity index (χ4v) is 2.48. The highest BCUT2D eigenvalue weighted by molar-refractivity contribution is 5.73. The van der Waals surface area contributed by atoms with Gasteiger partial charge in [0.15, 0.2) is 11.5 Å². The van der Waals surface area contributed by atoms with Crippen LogP contribution in [-0.4, -0.2) is 17.6 Å². The molecule has 1 aromatic heterocycles. The second kappa shape index (κ2) is 4.49. The lowest BCUT2D eigenvalue weighted by molar-refractivity contribution is 0.372. The number of hydrogen-bond acceptors (Lipinski definition) is 3. The smallest absolute Gasteiger partial charge is 0.197 e. The molecule has 0 aliphatic carbocycles. The molecular weight excluding hydrogens is 212 g/mol. The van der Waals surface area contributed by atoms with Crippen molar-refractivity contribution in [2.45, 2.75) is 38.6 Å². The lowest BCUT2D eigenvalue weighted by Crippen LogP contribution is -2.35. The second-order valence-corrected chi connectivity index (χ2v) is 4.93. The van der Waals surface area contributed by atoms with E-state index >= 15 is 0 Å². The standard InChI is InChI=1S/C14H18N2O/c1-10-5-6-13-12(8-10)16-14(17-13)9-11-4-2-3-7-15-11/h5-6,8,11,15H,2-4,7,9H2,1H3. The van der Waals surface area contributed by atoms with Crippen LogP contribution in [0.3, 0.4) is 0 Å². The molecule has 0 amide bonds. The van der Waals surface area contributed by atoms with Crippen molar-refractivity contribution in [2.75, 3.05) is 6.54 Å². The van der Waals surface area contributed by atoms with Crippen molar-refractivity contribution in [3.8, 4) is 0 Å². The van der Waals surface area contributed by atoms with Crippen LogP contribution in [0.2, 0.25) is 0 Å². The van der Waals surface area contributed by atoms with E-state index in [2.05, 4.69) is 29.4 Å². The number of piperidine rings is 1. The Morgan fingerprint density at radius 2 is 2.35 bits per heavy atom. The van der Waals surface area contributed by atoms with Crippen LogP contribution >= 0.6 is 0 Å². The largest absolute Gasteiger partial charge is 0.441 e. The minimum atomic E-state index is 0.540. The monoisotopic (exact) mass is 230 g/mol. The molecule has 2 heterocycles. The van der Waals surface area contributed by atoms with Crippen molar-refractivity contribution in [1.82, 2.24) is 10.3 Å². The first-order valence-corrected chi connectivity index (χ1v) is 6.41. The summed E-state index contributed by atoms with van der Waals surface area (Å²) in [6.45, 7) is 3.21. The molecule has 1 unspecified atom stereocenters. The number of rotatable bonds is 2. The lowest BCUT2D eigenvalue weighted by Gasteiger charge is -2.21. The van der Waals surface area contributed by atoms with Gasteiger partial charge in [-0.1, -0.05) is 12.5 Å². The topological polar surface area (TPSA) is 38.1 Å². The van der Waals surface area contributed by atoms with E-state index in [4.69, 9.17) is 4.42 Å². The maximum absolute atomic E-state index is 5.77. The third-order valence-electron chi connectivity index (χ3n) is 3.42. The van der Waals surface area contributed by atoms with Crippen LogP contribution in [0.15, 0.2) is 22.6 Å².